The van der Waals surface area contributed by atoms with Crippen molar-refractivity contribution in [1.82, 2.24) is 5.32 Å². The van der Waals surface area contributed by atoms with E-state index in [9.17, 15) is 9.59 Å². The fourth-order valence-corrected chi connectivity index (χ4v) is 2.76. The van der Waals surface area contributed by atoms with Crippen LogP contribution in [0.4, 0.5) is 4.79 Å². The molecule has 0 aromatic heterocycles. The highest BCUT2D eigenvalue weighted by molar-refractivity contribution is 5.82. The van der Waals surface area contributed by atoms with Crippen molar-refractivity contribution in [2.75, 3.05) is 13.2 Å². The summed E-state index contributed by atoms with van der Waals surface area (Å²) in [5.41, 5.74) is 1.00. The molecular weight excluding hydrogens is 412 g/mol. The molecule has 1 unspecified atom stereocenters. The van der Waals surface area contributed by atoms with Gasteiger partial charge < -0.3 is 24.4 Å². The van der Waals surface area contributed by atoms with Crippen molar-refractivity contribution in [2.24, 2.45) is 5.90 Å². The van der Waals surface area contributed by atoms with Crippen LogP contribution in [0.2, 0.25) is 0 Å². The molecule has 2 aromatic carbocycles. The van der Waals surface area contributed by atoms with E-state index in [0.717, 1.165) is 11.1 Å². The molecule has 0 heterocycles. The molecule has 2 aromatic rings. The van der Waals surface area contributed by atoms with Gasteiger partial charge in [-0.05, 0) is 44.0 Å². The summed E-state index contributed by atoms with van der Waals surface area (Å²) in [5, 5.41) is 2.63. The Labute approximate surface area is 188 Å². The van der Waals surface area contributed by atoms with E-state index in [1.807, 2.05) is 42.5 Å². The molecule has 32 heavy (non-hydrogen) atoms. The first-order valence-electron chi connectivity index (χ1n) is 10.5. The summed E-state index contributed by atoms with van der Waals surface area (Å²) in [6.07, 6.45) is 0.233. The van der Waals surface area contributed by atoms with Crippen LogP contribution >= 0.6 is 0 Å². The highest BCUT2D eigenvalue weighted by Crippen LogP contribution is 2.16. The van der Waals surface area contributed by atoms with Crippen molar-refractivity contribution in [1.29, 1.82) is 0 Å². The zero-order valence-electron chi connectivity index (χ0n) is 18.8. The molecular formula is C24H32N2O6. The van der Waals surface area contributed by atoms with Gasteiger partial charge in [0.2, 0.25) is 0 Å². The van der Waals surface area contributed by atoms with Crippen LogP contribution in [0.25, 0.3) is 0 Å². The van der Waals surface area contributed by atoms with Gasteiger partial charge in [0.05, 0.1) is 13.2 Å². The number of nitrogens with one attached hydrogen (secondary N) is 1. The fraction of sp³-hybridized carbons (Fsp3) is 0.417. The van der Waals surface area contributed by atoms with Gasteiger partial charge in [-0.2, -0.15) is 0 Å². The average Bonchev–Trinajstić information content (AvgIpc) is 2.75. The lowest BCUT2D eigenvalue weighted by atomic mass is 10.1. The van der Waals surface area contributed by atoms with E-state index in [2.05, 4.69) is 10.2 Å². The van der Waals surface area contributed by atoms with Crippen molar-refractivity contribution in [3.05, 3.63) is 65.7 Å². The van der Waals surface area contributed by atoms with Crippen LogP contribution in [0.3, 0.4) is 0 Å². The fourth-order valence-electron chi connectivity index (χ4n) is 2.76. The van der Waals surface area contributed by atoms with Gasteiger partial charge in [0.25, 0.3) is 0 Å². The van der Waals surface area contributed by atoms with Crippen molar-refractivity contribution in [2.45, 2.75) is 51.9 Å². The molecule has 0 radical (unpaired) electrons. The third-order valence-electron chi connectivity index (χ3n) is 4.23. The van der Waals surface area contributed by atoms with Crippen molar-refractivity contribution < 1.29 is 28.6 Å². The molecule has 0 spiro atoms. The first-order valence-corrected chi connectivity index (χ1v) is 10.5. The molecule has 0 saturated heterocycles. The molecule has 8 heteroatoms. The lowest BCUT2D eigenvalue weighted by molar-refractivity contribution is -0.157. The number of carbonyl (C=O) groups is 2. The van der Waals surface area contributed by atoms with Crippen molar-refractivity contribution in [3.8, 4) is 5.75 Å². The second kappa shape index (κ2) is 12.7. The summed E-state index contributed by atoms with van der Waals surface area (Å²) in [4.78, 5) is 29.5. The van der Waals surface area contributed by atoms with Crippen LogP contribution in [-0.2, 0) is 32.1 Å². The lowest BCUT2D eigenvalue weighted by Crippen LogP contribution is -2.45. The minimum absolute atomic E-state index is 0.106. The summed E-state index contributed by atoms with van der Waals surface area (Å²) in [6.45, 7) is 6.33. The number of benzene rings is 2. The smallest absolute Gasteiger partial charge is 0.408 e. The van der Waals surface area contributed by atoms with E-state index < -0.39 is 23.7 Å². The number of ether oxygens (including phenoxy) is 3. The zero-order chi connectivity index (χ0) is 23.4. The van der Waals surface area contributed by atoms with E-state index in [0.29, 0.717) is 25.4 Å². The standard InChI is InChI=1S/C24H32N2O6/c1-24(2,3)32-22(27)21(26-23(28)30-17-19-8-5-4-6-9-19)16-18-10-12-20(13-11-18)29-14-7-15-31-25/h4-6,8-13,21H,7,14-17,25H2,1-3H3,(H,26,28). The molecule has 174 valence electrons. The van der Waals surface area contributed by atoms with Gasteiger partial charge in [-0.3, -0.25) is 0 Å². The van der Waals surface area contributed by atoms with Crippen LogP contribution in [0, 0.1) is 0 Å². The number of rotatable bonds is 11. The molecule has 0 fully saturated rings. The van der Waals surface area contributed by atoms with Crippen LogP contribution in [0.5, 0.6) is 5.75 Å². The van der Waals surface area contributed by atoms with Gasteiger partial charge in [-0.1, -0.05) is 42.5 Å². The van der Waals surface area contributed by atoms with Crippen LogP contribution < -0.4 is 16.0 Å². The van der Waals surface area contributed by atoms with Gasteiger partial charge >= 0.3 is 12.1 Å². The Bertz CT molecular complexity index is 834. The number of amides is 1. The second-order valence-electron chi connectivity index (χ2n) is 8.21. The average molecular weight is 445 g/mol. The molecule has 3 N–H and O–H groups in total. The molecule has 0 saturated carbocycles. The van der Waals surface area contributed by atoms with E-state index in [1.165, 1.54) is 0 Å². The van der Waals surface area contributed by atoms with Crippen molar-refractivity contribution in [3.63, 3.8) is 0 Å². The zero-order valence-corrected chi connectivity index (χ0v) is 18.8. The number of nitrogens with two attached hydrogens (primary N) is 1. The van der Waals surface area contributed by atoms with E-state index >= 15 is 0 Å². The number of hydrogen-bond acceptors (Lipinski definition) is 7. The van der Waals surface area contributed by atoms with Gasteiger partial charge in [-0.15, -0.1) is 0 Å². The third kappa shape index (κ3) is 9.80. The predicted molar refractivity (Wildman–Crippen MR) is 120 cm³/mol. The summed E-state index contributed by atoms with van der Waals surface area (Å²) in [6, 6.07) is 15.7. The molecule has 8 nitrogen and oxygen atoms in total. The summed E-state index contributed by atoms with van der Waals surface area (Å²) in [5.74, 6) is 5.15. The second-order valence-corrected chi connectivity index (χ2v) is 8.21. The first kappa shape index (κ1) is 25.2. The highest BCUT2D eigenvalue weighted by Gasteiger charge is 2.27. The van der Waals surface area contributed by atoms with Gasteiger partial charge in [0, 0.05) is 12.8 Å². The number of alkyl carbamates (subject to hydrolysis) is 1. The minimum atomic E-state index is -0.897. The molecule has 1 atom stereocenters. The Hall–Kier alpha value is -3.10. The number of hydrogen-bond donors (Lipinski definition) is 2. The third-order valence-corrected chi connectivity index (χ3v) is 4.23. The Morgan fingerprint density at radius 3 is 2.28 bits per heavy atom. The minimum Gasteiger partial charge on any atom is -0.494 e. The molecule has 0 aliphatic heterocycles. The molecule has 2 rings (SSSR count). The maximum absolute atomic E-state index is 12.7. The molecule has 1 amide bonds. The number of carbonyl (C=O) groups excluding carboxylic acids is 2. The monoisotopic (exact) mass is 444 g/mol. The van der Waals surface area contributed by atoms with Gasteiger partial charge in [-0.25, -0.2) is 15.5 Å². The summed E-state index contributed by atoms with van der Waals surface area (Å²) >= 11 is 0. The quantitative estimate of drug-likeness (QED) is 0.310. The molecule has 0 aliphatic rings. The highest BCUT2D eigenvalue weighted by atomic mass is 16.6. The first-order chi connectivity index (χ1) is 15.3. The van der Waals surface area contributed by atoms with Crippen molar-refractivity contribution >= 4 is 12.1 Å². The Balaban J connectivity index is 1.98. The maximum Gasteiger partial charge on any atom is 0.408 e. The lowest BCUT2D eigenvalue weighted by Gasteiger charge is -2.24. The predicted octanol–water partition coefficient (Wildman–Crippen LogP) is 3.53. The van der Waals surface area contributed by atoms with Crippen LogP contribution in [0.15, 0.2) is 54.6 Å². The largest absolute Gasteiger partial charge is 0.494 e. The van der Waals surface area contributed by atoms with E-state index in [1.54, 1.807) is 32.9 Å². The van der Waals surface area contributed by atoms with Crippen LogP contribution in [0.1, 0.15) is 38.3 Å². The molecule has 0 aliphatic carbocycles. The Kier molecular flexibility index (Phi) is 9.97. The van der Waals surface area contributed by atoms with Gasteiger partial charge in [0.15, 0.2) is 0 Å². The Morgan fingerprint density at radius 1 is 0.969 bits per heavy atom. The maximum atomic E-state index is 12.7. The number of esters is 1. The normalized spacial score (nSPS) is 12.0. The Morgan fingerprint density at radius 2 is 1.66 bits per heavy atom. The van der Waals surface area contributed by atoms with Gasteiger partial charge in [0.1, 0.15) is 24.0 Å². The summed E-state index contributed by atoms with van der Waals surface area (Å²) in [7, 11) is 0. The SMILES string of the molecule is CC(C)(C)OC(=O)C(Cc1ccc(OCCCON)cc1)NC(=O)OCc1ccccc1. The van der Waals surface area contributed by atoms with E-state index in [4.69, 9.17) is 20.1 Å². The molecule has 0 bridgehead atoms. The van der Waals surface area contributed by atoms with Crippen LogP contribution in [-0.4, -0.2) is 36.9 Å². The van der Waals surface area contributed by atoms with E-state index in [-0.39, 0.29) is 13.0 Å². The summed E-state index contributed by atoms with van der Waals surface area (Å²) < 4.78 is 16.3. The topological polar surface area (TPSA) is 109 Å².